The lowest BCUT2D eigenvalue weighted by Gasteiger charge is -2.34. The molecule has 0 bridgehead atoms. The predicted octanol–water partition coefficient (Wildman–Crippen LogP) is 6.23. The summed E-state index contributed by atoms with van der Waals surface area (Å²) in [4.78, 5) is 0. The lowest BCUT2D eigenvalue weighted by Crippen LogP contribution is -2.41. The predicted molar refractivity (Wildman–Crippen MR) is 117 cm³/mol. The van der Waals surface area contributed by atoms with Crippen LogP contribution < -0.4 is 15.2 Å². The van der Waals surface area contributed by atoms with Crippen LogP contribution in [0.25, 0.3) is 0 Å². The number of aryl methyl sites for hydroxylation is 4. The van der Waals surface area contributed by atoms with Gasteiger partial charge in [-0.1, -0.05) is 35.4 Å². The van der Waals surface area contributed by atoms with Crippen LogP contribution in [0.1, 0.15) is 28.7 Å². The highest BCUT2D eigenvalue weighted by Gasteiger charge is 2.35. The summed E-state index contributed by atoms with van der Waals surface area (Å²) in [5.41, 5.74) is 11.2. The molecule has 0 aromatic heterocycles. The van der Waals surface area contributed by atoms with Crippen LogP contribution in [0.3, 0.4) is 0 Å². The molecule has 0 aliphatic heterocycles. The summed E-state index contributed by atoms with van der Waals surface area (Å²) in [7, 11) is 0. The lowest BCUT2D eigenvalue weighted by atomic mass is 10.0. The zero-order valence-electron chi connectivity index (χ0n) is 16.6. The molecular weight excluding hydrogens is 393 g/mol. The molecule has 3 nitrogen and oxygen atoms in total. The maximum Gasteiger partial charge on any atom is 0.274 e. The van der Waals surface area contributed by atoms with Crippen molar-refractivity contribution in [1.82, 2.24) is 0 Å². The molecule has 0 unspecified atom stereocenters. The number of halogens is 2. The summed E-state index contributed by atoms with van der Waals surface area (Å²) in [6.45, 7) is 8.54. The van der Waals surface area contributed by atoms with Crippen molar-refractivity contribution in [2.75, 3.05) is 6.54 Å². The second-order valence-corrected chi connectivity index (χ2v) is 8.08. The van der Waals surface area contributed by atoms with E-state index in [4.69, 9.17) is 38.4 Å². The molecule has 2 N–H and O–H groups in total. The fourth-order valence-corrected chi connectivity index (χ4v) is 3.52. The van der Waals surface area contributed by atoms with Gasteiger partial charge in [0.15, 0.2) is 0 Å². The fraction of sp³-hybridized carbons (Fsp3) is 0.304. The Bertz CT molecular complexity index is 904. The van der Waals surface area contributed by atoms with Gasteiger partial charge in [0.1, 0.15) is 11.5 Å². The van der Waals surface area contributed by atoms with Gasteiger partial charge in [-0.05, 0) is 79.8 Å². The van der Waals surface area contributed by atoms with E-state index in [1.54, 1.807) is 0 Å². The largest absolute Gasteiger partial charge is 0.447 e. The van der Waals surface area contributed by atoms with Crippen LogP contribution >= 0.6 is 23.2 Å². The van der Waals surface area contributed by atoms with Crippen LogP contribution in [0.15, 0.2) is 48.1 Å². The minimum Gasteiger partial charge on any atom is -0.447 e. The minimum absolute atomic E-state index is 0.460. The van der Waals surface area contributed by atoms with Crippen LogP contribution in [0.4, 0.5) is 0 Å². The maximum atomic E-state index is 6.45. The van der Waals surface area contributed by atoms with Crippen LogP contribution in [0.2, 0.25) is 10.0 Å². The second kappa shape index (κ2) is 8.20. The molecule has 1 aliphatic rings. The Morgan fingerprint density at radius 2 is 1.32 bits per heavy atom. The minimum atomic E-state index is -1.06. The van der Waals surface area contributed by atoms with Crippen molar-refractivity contribution >= 4 is 23.2 Å². The fourth-order valence-electron chi connectivity index (χ4n) is 3.00. The Hall–Kier alpha value is -1.94. The Morgan fingerprint density at radius 3 is 1.71 bits per heavy atom. The Morgan fingerprint density at radius 1 is 0.857 bits per heavy atom. The third kappa shape index (κ3) is 4.38. The molecule has 0 fully saturated rings. The van der Waals surface area contributed by atoms with E-state index >= 15 is 0 Å². The molecule has 2 aromatic carbocycles. The summed E-state index contributed by atoms with van der Waals surface area (Å²) in [5.74, 6) is 0.0768. The van der Waals surface area contributed by atoms with Gasteiger partial charge in [0, 0.05) is 19.0 Å². The van der Waals surface area contributed by atoms with E-state index in [0.717, 1.165) is 27.8 Å². The SMILES string of the molecule is Cc1cc(Cl)c(OC2(Oc3cc(C)c(C)cc3Cl)C=CC(CN)=CC2)cc1C. The molecule has 2 aromatic rings. The van der Waals surface area contributed by atoms with Gasteiger partial charge in [0.2, 0.25) is 0 Å². The molecule has 0 radical (unpaired) electrons. The molecule has 0 saturated carbocycles. The normalized spacial score (nSPS) is 15.3. The van der Waals surface area contributed by atoms with E-state index in [1.165, 1.54) is 0 Å². The van der Waals surface area contributed by atoms with E-state index in [-0.39, 0.29) is 0 Å². The third-order valence-corrected chi connectivity index (χ3v) is 5.69. The average molecular weight is 418 g/mol. The number of ether oxygens (including phenoxy) is 2. The molecule has 0 amide bonds. The van der Waals surface area contributed by atoms with Crippen LogP contribution in [-0.4, -0.2) is 12.3 Å². The molecule has 0 saturated heterocycles. The van der Waals surface area contributed by atoms with Crippen molar-refractivity contribution < 1.29 is 9.47 Å². The molecule has 5 heteroatoms. The molecule has 0 atom stereocenters. The Balaban J connectivity index is 2.00. The van der Waals surface area contributed by atoms with Crippen molar-refractivity contribution in [2.45, 2.75) is 39.9 Å². The lowest BCUT2D eigenvalue weighted by molar-refractivity contribution is -0.0690. The van der Waals surface area contributed by atoms with Gasteiger partial charge in [0.25, 0.3) is 5.79 Å². The number of hydrogen-bond acceptors (Lipinski definition) is 3. The molecule has 3 rings (SSSR count). The van der Waals surface area contributed by atoms with Gasteiger partial charge in [-0.2, -0.15) is 0 Å². The molecule has 148 valence electrons. The van der Waals surface area contributed by atoms with E-state index in [1.807, 2.05) is 70.2 Å². The summed E-state index contributed by atoms with van der Waals surface area (Å²) in [6, 6.07) is 7.66. The van der Waals surface area contributed by atoms with E-state index < -0.39 is 5.79 Å². The first-order valence-electron chi connectivity index (χ1n) is 9.23. The van der Waals surface area contributed by atoms with Crippen molar-refractivity contribution in [3.05, 3.63) is 80.4 Å². The summed E-state index contributed by atoms with van der Waals surface area (Å²) in [5, 5.41) is 1.08. The van der Waals surface area contributed by atoms with Gasteiger partial charge in [-0.25, -0.2) is 0 Å². The third-order valence-electron chi connectivity index (χ3n) is 5.10. The summed E-state index contributed by atoms with van der Waals surface area (Å²) in [6.07, 6.45) is 6.31. The van der Waals surface area contributed by atoms with Crippen LogP contribution in [0.5, 0.6) is 11.5 Å². The molecule has 1 aliphatic carbocycles. The highest BCUT2D eigenvalue weighted by atomic mass is 35.5. The average Bonchev–Trinajstić information content (AvgIpc) is 2.65. The topological polar surface area (TPSA) is 44.5 Å². The molecule has 0 spiro atoms. The maximum absolute atomic E-state index is 6.45. The monoisotopic (exact) mass is 417 g/mol. The van der Waals surface area contributed by atoms with Crippen LogP contribution in [0, 0.1) is 27.7 Å². The van der Waals surface area contributed by atoms with Crippen molar-refractivity contribution in [2.24, 2.45) is 5.73 Å². The van der Waals surface area contributed by atoms with Gasteiger partial charge in [-0.15, -0.1) is 0 Å². The van der Waals surface area contributed by atoms with Gasteiger partial charge in [-0.3, -0.25) is 0 Å². The zero-order valence-corrected chi connectivity index (χ0v) is 18.1. The van der Waals surface area contributed by atoms with Crippen molar-refractivity contribution in [3.8, 4) is 11.5 Å². The van der Waals surface area contributed by atoms with E-state index in [9.17, 15) is 0 Å². The molecular formula is C23H25Cl2NO2. The Kier molecular flexibility index (Phi) is 6.09. The second-order valence-electron chi connectivity index (χ2n) is 7.27. The number of rotatable bonds is 5. The number of hydrogen-bond donors (Lipinski definition) is 1. The van der Waals surface area contributed by atoms with Crippen LogP contribution in [-0.2, 0) is 0 Å². The smallest absolute Gasteiger partial charge is 0.274 e. The van der Waals surface area contributed by atoms with Crippen molar-refractivity contribution in [3.63, 3.8) is 0 Å². The first-order valence-corrected chi connectivity index (χ1v) is 9.98. The quantitative estimate of drug-likeness (QED) is 0.586. The first kappa shape index (κ1) is 20.8. The van der Waals surface area contributed by atoms with E-state index in [0.29, 0.717) is 34.5 Å². The van der Waals surface area contributed by atoms with Gasteiger partial charge < -0.3 is 15.2 Å². The molecule has 0 heterocycles. The van der Waals surface area contributed by atoms with Gasteiger partial charge in [0.05, 0.1) is 10.0 Å². The highest BCUT2D eigenvalue weighted by molar-refractivity contribution is 6.32. The summed E-state index contributed by atoms with van der Waals surface area (Å²) >= 11 is 12.9. The highest BCUT2D eigenvalue weighted by Crippen LogP contribution is 2.38. The van der Waals surface area contributed by atoms with E-state index in [2.05, 4.69) is 0 Å². The zero-order chi connectivity index (χ0) is 20.5. The van der Waals surface area contributed by atoms with Gasteiger partial charge >= 0.3 is 0 Å². The Labute approximate surface area is 176 Å². The van der Waals surface area contributed by atoms with Crippen molar-refractivity contribution in [1.29, 1.82) is 0 Å². The number of nitrogens with two attached hydrogens (primary N) is 1. The molecule has 28 heavy (non-hydrogen) atoms. The summed E-state index contributed by atoms with van der Waals surface area (Å²) < 4.78 is 12.7. The first-order chi connectivity index (χ1) is 13.2. The number of benzene rings is 2. The standard InChI is InChI=1S/C23H25Cl2NO2/c1-14-9-19(24)21(11-16(14)3)27-23(7-5-18(13-26)6-8-23)28-22-12-17(4)15(2)10-20(22)25/h5-7,9-12H,8,13,26H2,1-4H3.